The van der Waals surface area contributed by atoms with Crippen LogP contribution in [0.4, 0.5) is 32.0 Å². The number of anilines is 1. The molecule has 12 heteroatoms. The lowest BCUT2D eigenvalue weighted by Crippen LogP contribution is -2.21. The number of nitrogens with one attached hydrogen (secondary N) is 1. The number of para-hydroxylation sites is 1. The highest BCUT2D eigenvalue weighted by Crippen LogP contribution is 2.31. The highest BCUT2D eigenvalue weighted by atomic mass is 32.2. The van der Waals surface area contributed by atoms with E-state index in [1.54, 1.807) is 0 Å². The fourth-order valence-corrected chi connectivity index (χ4v) is 3.03. The van der Waals surface area contributed by atoms with E-state index in [0.717, 1.165) is 48.5 Å². The third-order valence-electron chi connectivity index (χ3n) is 2.68. The van der Waals surface area contributed by atoms with E-state index < -0.39 is 39.1 Å². The van der Waals surface area contributed by atoms with E-state index in [2.05, 4.69) is 9.47 Å². The number of halogens is 6. The second-order valence-corrected chi connectivity index (χ2v) is 6.33. The number of sulfonamides is 1. The van der Waals surface area contributed by atoms with Gasteiger partial charge in [0.05, 0.1) is 5.69 Å². The normalized spacial score (nSPS) is 12.5. The lowest BCUT2D eigenvalue weighted by atomic mass is 10.3. The summed E-state index contributed by atoms with van der Waals surface area (Å²) in [6.45, 7) is 0. The van der Waals surface area contributed by atoms with Gasteiger partial charge in [0.25, 0.3) is 10.0 Å². The highest BCUT2D eigenvalue weighted by molar-refractivity contribution is 7.92. The van der Waals surface area contributed by atoms with Gasteiger partial charge in [-0.1, -0.05) is 18.2 Å². The molecule has 0 atom stereocenters. The van der Waals surface area contributed by atoms with Crippen molar-refractivity contribution in [2.75, 3.05) is 4.72 Å². The molecule has 0 amide bonds. The van der Waals surface area contributed by atoms with Crippen LogP contribution in [0.2, 0.25) is 0 Å². The molecule has 2 rings (SSSR count). The average Bonchev–Trinajstić information content (AvgIpc) is 2.43. The molecular weight excluding hydrogens is 392 g/mol. The number of alkyl halides is 6. The summed E-state index contributed by atoms with van der Waals surface area (Å²) < 4.78 is 107. The van der Waals surface area contributed by atoms with Crippen LogP contribution >= 0.6 is 0 Å². The number of rotatable bonds is 5. The van der Waals surface area contributed by atoms with Crippen LogP contribution < -0.4 is 14.2 Å². The largest absolute Gasteiger partial charge is 0.573 e. The second-order valence-electron chi connectivity index (χ2n) is 4.68. The van der Waals surface area contributed by atoms with E-state index in [1.807, 2.05) is 4.72 Å². The number of hydrogen-bond acceptors (Lipinski definition) is 4. The first kappa shape index (κ1) is 19.7. The fourth-order valence-electron chi connectivity index (χ4n) is 1.85. The molecule has 0 aliphatic heterocycles. The Balaban J connectivity index is 2.32. The van der Waals surface area contributed by atoms with Gasteiger partial charge in [-0.15, -0.1) is 26.3 Å². The Morgan fingerprint density at radius 3 is 2.04 bits per heavy atom. The minimum Gasteiger partial charge on any atom is -0.406 e. The molecule has 5 nitrogen and oxygen atoms in total. The molecule has 0 aromatic heterocycles. The maximum absolute atomic E-state index is 12.4. The zero-order chi connectivity index (χ0) is 19.6. The molecule has 2 aromatic carbocycles. The first-order valence-electron chi connectivity index (χ1n) is 6.59. The molecule has 142 valence electrons. The number of benzene rings is 2. The molecule has 2 aromatic rings. The minimum atomic E-state index is -5.13. The van der Waals surface area contributed by atoms with Crippen molar-refractivity contribution in [3.8, 4) is 11.5 Å². The van der Waals surface area contributed by atoms with Crippen LogP contribution in [0.25, 0.3) is 0 Å². The van der Waals surface area contributed by atoms with Gasteiger partial charge >= 0.3 is 12.7 Å². The molecule has 0 spiro atoms. The zero-order valence-corrected chi connectivity index (χ0v) is 13.2. The predicted octanol–water partition coefficient (Wildman–Crippen LogP) is 4.28. The topological polar surface area (TPSA) is 64.6 Å². The van der Waals surface area contributed by atoms with E-state index in [1.165, 1.54) is 0 Å². The molecule has 0 radical (unpaired) electrons. The fraction of sp³-hybridized carbons (Fsp3) is 0.143. The van der Waals surface area contributed by atoms with Crippen molar-refractivity contribution >= 4 is 15.7 Å². The third kappa shape index (κ3) is 5.72. The van der Waals surface area contributed by atoms with Gasteiger partial charge in [-0.05, 0) is 24.3 Å². The molecule has 0 bridgehead atoms. The standard InChI is InChI=1S/C14H9F6NO4S/c15-13(16,17)24-10-5-3-4-9(8-10)21-26(22,23)12-7-2-1-6-11(12)25-14(18,19)20/h1-8,21H. The molecule has 0 aliphatic carbocycles. The maximum atomic E-state index is 12.4. The monoisotopic (exact) mass is 401 g/mol. The zero-order valence-electron chi connectivity index (χ0n) is 12.4. The van der Waals surface area contributed by atoms with Gasteiger partial charge in [-0.25, -0.2) is 8.42 Å². The van der Waals surface area contributed by atoms with Crippen LogP contribution in [0.3, 0.4) is 0 Å². The number of hydrogen-bond donors (Lipinski definition) is 1. The number of ether oxygens (including phenoxy) is 2. The summed E-state index contributed by atoms with van der Waals surface area (Å²) in [5.74, 6) is -1.70. The summed E-state index contributed by atoms with van der Waals surface area (Å²) in [5, 5.41) is 0. The summed E-state index contributed by atoms with van der Waals surface area (Å²) in [6.07, 6.45) is -10.1. The van der Waals surface area contributed by atoms with Crippen molar-refractivity contribution in [1.82, 2.24) is 0 Å². The van der Waals surface area contributed by atoms with Gasteiger partial charge in [0, 0.05) is 6.07 Å². The molecule has 1 N–H and O–H groups in total. The van der Waals surface area contributed by atoms with Crippen LogP contribution in [0.5, 0.6) is 11.5 Å². The molecule has 26 heavy (non-hydrogen) atoms. The highest BCUT2D eigenvalue weighted by Gasteiger charge is 2.34. The maximum Gasteiger partial charge on any atom is 0.573 e. The summed E-state index contributed by atoms with van der Waals surface area (Å²) in [5.41, 5.74) is -0.353. The molecule has 0 saturated carbocycles. The second kappa shape index (κ2) is 6.94. The molecule has 0 saturated heterocycles. The Kier molecular flexibility index (Phi) is 5.26. The van der Waals surface area contributed by atoms with Gasteiger partial charge in [0.2, 0.25) is 0 Å². The third-order valence-corrected chi connectivity index (χ3v) is 4.10. The lowest BCUT2D eigenvalue weighted by Gasteiger charge is -2.15. The molecule has 0 aliphatic rings. The predicted molar refractivity (Wildman–Crippen MR) is 77.1 cm³/mol. The van der Waals surface area contributed by atoms with Crippen LogP contribution in [-0.4, -0.2) is 21.1 Å². The van der Waals surface area contributed by atoms with E-state index in [-0.39, 0.29) is 5.69 Å². The van der Waals surface area contributed by atoms with E-state index >= 15 is 0 Å². The first-order chi connectivity index (χ1) is 11.9. The minimum absolute atomic E-state index is 0.353. The summed E-state index contributed by atoms with van der Waals surface area (Å²) in [7, 11) is -4.59. The Labute approximate surface area is 143 Å². The molecule has 0 heterocycles. The van der Waals surface area contributed by atoms with Gasteiger partial charge in [0.15, 0.2) is 0 Å². The first-order valence-corrected chi connectivity index (χ1v) is 8.07. The average molecular weight is 401 g/mol. The summed E-state index contributed by atoms with van der Waals surface area (Å²) >= 11 is 0. The van der Waals surface area contributed by atoms with Crippen molar-refractivity contribution in [3.05, 3.63) is 48.5 Å². The molecule has 0 unspecified atom stereocenters. The summed E-state index contributed by atoms with van der Waals surface area (Å²) in [4.78, 5) is -0.848. The van der Waals surface area contributed by atoms with Crippen molar-refractivity contribution in [3.63, 3.8) is 0 Å². The van der Waals surface area contributed by atoms with Crippen molar-refractivity contribution in [2.45, 2.75) is 17.6 Å². The van der Waals surface area contributed by atoms with Gasteiger partial charge < -0.3 is 9.47 Å². The quantitative estimate of drug-likeness (QED) is 0.760. The van der Waals surface area contributed by atoms with Crippen LogP contribution in [0, 0.1) is 0 Å². The van der Waals surface area contributed by atoms with Gasteiger partial charge in [0.1, 0.15) is 16.4 Å². The molecular formula is C14H9F6NO4S. The van der Waals surface area contributed by atoms with Crippen molar-refractivity contribution < 1.29 is 44.2 Å². The van der Waals surface area contributed by atoms with Crippen LogP contribution in [0.1, 0.15) is 0 Å². The Morgan fingerprint density at radius 1 is 0.808 bits per heavy atom. The van der Waals surface area contributed by atoms with Gasteiger partial charge in [-0.2, -0.15) is 0 Å². The van der Waals surface area contributed by atoms with Crippen molar-refractivity contribution in [1.29, 1.82) is 0 Å². The molecule has 0 fully saturated rings. The van der Waals surface area contributed by atoms with Gasteiger partial charge in [-0.3, -0.25) is 4.72 Å². The van der Waals surface area contributed by atoms with Crippen molar-refractivity contribution in [2.24, 2.45) is 0 Å². The van der Waals surface area contributed by atoms with Crippen LogP contribution in [-0.2, 0) is 10.0 Å². The van der Waals surface area contributed by atoms with E-state index in [9.17, 15) is 34.8 Å². The lowest BCUT2D eigenvalue weighted by molar-refractivity contribution is -0.276. The SMILES string of the molecule is O=S(=O)(Nc1cccc(OC(F)(F)F)c1)c1ccccc1OC(F)(F)F. The summed E-state index contributed by atoms with van der Waals surface area (Å²) in [6, 6.07) is 7.71. The van der Waals surface area contributed by atoms with E-state index in [4.69, 9.17) is 0 Å². The van der Waals surface area contributed by atoms with E-state index in [0.29, 0.717) is 0 Å². The smallest absolute Gasteiger partial charge is 0.406 e. The van der Waals surface area contributed by atoms with Crippen LogP contribution in [0.15, 0.2) is 53.4 Å². The Bertz CT molecular complexity index is 879. The Hall–Kier alpha value is -2.63. The Morgan fingerprint density at radius 2 is 1.42 bits per heavy atom.